The van der Waals surface area contributed by atoms with E-state index in [2.05, 4.69) is 17.9 Å². The molecule has 0 saturated carbocycles. The number of ketones is 1. The topological polar surface area (TPSA) is 89.3 Å². The number of hydrogen-bond acceptors (Lipinski definition) is 5. The Hall–Kier alpha value is -3.97. The Morgan fingerprint density at radius 3 is 2.32 bits per heavy atom. The zero-order chi connectivity index (χ0) is 24.1. The van der Waals surface area contributed by atoms with E-state index in [1.165, 1.54) is 12.1 Å². The summed E-state index contributed by atoms with van der Waals surface area (Å²) in [6, 6.07) is 25.5. The van der Waals surface area contributed by atoms with E-state index in [0.717, 1.165) is 21.2 Å². The fourth-order valence-electron chi connectivity index (χ4n) is 3.89. The van der Waals surface area contributed by atoms with Crippen molar-refractivity contribution >= 4 is 40.8 Å². The molecule has 4 aromatic carbocycles. The molecule has 6 nitrogen and oxygen atoms in total. The minimum absolute atomic E-state index is 0.0305. The van der Waals surface area contributed by atoms with Crippen molar-refractivity contribution in [1.29, 1.82) is 0 Å². The highest BCUT2D eigenvalue weighted by Gasteiger charge is 2.23. The lowest BCUT2D eigenvalue weighted by Crippen LogP contribution is -2.43. The predicted molar refractivity (Wildman–Crippen MR) is 134 cm³/mol. The van der Waals surface area contributed by atoms with Crippen molar-refractivity contribution in [3.8, 4) is 0 Å². The van der Waals surface area contributed by atoms with Crippen molar-refractivity contribution in [2.75, 3.05) is 0 Å². The number of fused-ring (bicyclic) bond motifs is 1. The smallest absolute Gasteiger partial charge is 0.269 e. The first-order valence-electron chi connectivity index (χ1n) is 10.7. The van der Waals surface area contributed by atoms with Crippen molar-refractivity contribution in [2.45, 2.75) is 23.8 Å². The molecule has 0 aliphatic rings. The van der Waals surface area contributed by atoms with Gasteiger partial charge in [0.25, 0.3) is 11.6 Å². The number of carbonyl (C=O) groups is 2. The molecule has 0 heterocycles. The van der Waals surface area contributed by atoms with Crippen molar-refractivity contribution in [3.05, 3.63) is 118 Å². The summed E-state index contributed by atoms with van der Waals surface area (Å²) in [6.07, 6.45) is 0.343. The van der Waals surface area contributed by atoms with Gasteiger partial charge in [-0.2, -0.15) is 0 Å². The number of hydrogen-bond donors (Lipinski definition) is 2. The van der Waals surface area contributed by atoms with E-state index < -0.39 is 11.0 Å². The number of nitrogens with zero attached hydrogens (tertiary/aromatic N) is 1. The van der Waals surface area contributed by atoms with Crippen LogP contribution in [0.25, 0.3) is 10.8 Å². The number of carbonyl (C=O) groups excluding carboxylic acids is 2. The summed E-state index contributed by atoms with van der Waals surface area (Å²) in [5.41, 5.74) is 1.96. The summed E-state index contributed by atoms with van der Waals surface area (Å²) in [4.78, 5) is 37.8. The van der Waals surface area contributed by atoms with Crippen LogP contribution in [-0.4, -0.2) is 22.7 Å². The zero-order valence-corrected chi connectivity index (χ0v) is 19.1. The van der Waals surface area contributed by atoms with Gasteiger partial charge in [-0.05, 0) is 46.5 Å². The van der Waals surface area contributed by atoms with Gasteiger partial charge in [0.2, 0.25) is 0 Å². The fourth-order valence-corrected chi connectivity index (χ4v) is 4.14. The Morgan fingerprint density at radius 1 is 0.882 bits per heavy atom. The van der Waals surface area contributed by atoms with Crippen molar-refractivity contribution in [1.82, 2.24) is 5.32 Å². The first-order valence-corrected chi connectivity index (χ1v) is 11.2. The van der Waals surface area contributed by atoms with E-state index in [1.807, 2.05) is 60.7 Å². The molecule has 1 unspecified atom stereocenters. The van der Waals surface area contributed by atoms with E-state index in [0.29, 0.717) is 11.1 Å². The molecule has 0 saturated heterocycles. The average molecular weight is 471 g/mol. The van der Waals surface area contributed by atoms with Gasteiger partial charge in [-0.15, -0.1) is 12.6 Å². The van der Waals surface area contributed by atoms with E-state index in [-0.39, 0.29) is 30.2 Å². The number of rotatable bonds is 8. The van der Waals surface area contributed by atoms with Crippen molar-refractivity contribution in [2.24, 2.45) is 0 Å². The molecule has 1 atom stereocenters. The molecule has 0 aliphatic heterocycles. The van der Waals surface area contributed by atoms with Gasteiger partial charge in [0.1, 0.15) is 0 Å². The molecule has 4 rings (SSSR count). The summed E-state index contributed by atoms with van der Waals surface area (Å²) in [7, 11) is 0. The maximum Gasteiger partial charge on any atom is 0.269 e. The molecular formula is C27H22N2O4S. The SMILES string of the molecule is O=C(NC(Cc1ccc([N+](=O)[O-])cc1)C(=O)Cc1cccc(S)c1)c1cccc2ccccc12. The lowest BCUT2D eigenvalue weighted by atomic mass is 9.96. The molecule has 0 aromatic heterocycles. The van der Waals surface area contributed by atoms with Crippen LogP contribution in [0.15, 0.2) is 95.9 Å². The van der Waals surface area contributed by atoms with Crippen molar-refractivity contribution in [3.63, 3.8) is 0 Å². The third-order valence-corrected chi connectivity index (χ3v) is 5.88. The van der Waals surface area contributed by atoms with Crippen LogP contribution in [0.1, 0.15) is 21.5 Å². The number of nitro groups is 1. The highest BCUT2D eigenvalue weighted by molar-refractivity contribution is 7.80. The zero-order valence-electron chi connectivity index (χ0n) is 18.2. The van der Waals surface area contributed by atoms with Gasteiger partial charge in [0.15, 0.2) is 5.78 Å². The molecular weight excluding hydrogens is 448 g/mol. The van der Waals surface area contributed by atoms with Crippen LogP contribution < -0.4 is 5.32 Å². The van der Waals surface area contributed by atoms with Crippen LogP contribution in [0.3, 0.4) is 0 Å². The highest BCUT2D eigenvalue weighted by Crippen LogP contribution is 2.20. The van der Waals surface area contributed by atoms with Crippen LogP contribution >= 0.6 is 12.6 Å². The minimum atomic E-state index is -0.809. The second-order valence-corrected chi connectivity index (χ2v) is 8.51. The second-order valence-electron chi connectivity index (χ2n) is 7.99. The molecule has 0 aliphatic carbocycles. The molecule has 170 valence electrons. The lowest BCUT2D eigenvalue weighted by molar-refractivity contribution is -0.384. The molecule has 34 heavy (non-hydrogen) atoms. The lowest BCUT2D eigenvalue weighted by Gasteiger charge is -2.19. The van der Waals surface area contributed by atoms with E-state index in [4.69, 9.17) is 0 Å². The van der Waals surface area contributed by atoms with Gasteiger partial charge < -0.3 is 5.32 Å². The number of amides is 1. The van der Waals surface area contributed by atoms with E-state index in [9.17, 15) is 19.7 Å². The Bertz CT molecular complexity index is 1360. The minimum Gasteiger partial charge on any atom is -0.342 e. The summed E-state index contributed by atoms with van der Waals surface area (Å²) in [5.74, 6) is -0.508. The van der Waals surface area contributed by atoms with Crippen LogP contribution in [0.2, 0.25) is 0 Å². The molecule has 7 heteroatoms. The van der Waals surface area contributed by atoms with Gasteiger partial charge in [-0.1, -0.05) is 60.7 Å². The monoisotopic (exact) mass is 470 g/mol. The number of non-ortho nitro benzene ring substituents is 1. The van der Waals surface area contributed by atoms with Gasteiger partial charge in [-0.25, -0.2) is 0 Å². The Morgan fingerprint density at radius 2 is 1.59 bits per heavy atom. The molecule has 1 N–H and O–H groups in total. The standard InChI is InChI=1S/C27H22N2O4S/c30-26(17-19-5-3-8-22(34)15-19)25(16-18-11-13-21(14-12-18)29(32)33)28-27(31)24-10-4-7-20-6-1-2-9-23(20)24/h1-15,25,34H,16-17H2,(H,28,31). The van der Waals surface area contributed by atoms with Crippen molar-refractivity contribution < 1.29 is 14.5 Å². The van der Waals surface area contributed by atoms with E-state index in [1.54, 1.807) is 18.2 Å². The maximum atomic E-state index is 13.3. The van der Waals surface area contributed by atoms with Gasteiger partial charge in [-0.3, -0.25) is 19.7 Å². The average Bonchev–Trinajstić information content (AvgIpc) is 2.83. The molecule has 4 aromatic rings. The number of Topliss-reactive ketones (excluding diaryl/α,β-unsaturated/α-hetero) is 1. The van der Waals surface area contributed by atoms with E-state index >= 15 is 0 Å². The Balaban J connectivity index is 1.61. The third-order valence-electron chi connectivity index (χ3n) is 5.60. The number of benzene rings is 4. The maximum absolute atomic E-state index is 13.3. The largest absolute Gasteiger partial charge is 0.342 e. The molecule has 0 spiro atoms. The number of nitrogens with one attached hydrogen (secondary N) is 1. The van der Waals surface area contributed by atoms with Gasteiger partial charge in [0, 0.05) is 29.0 Å². The quantitative estimate of drug-likeness (QED) is 0.211. The fraction of sp³-hybridized carbons (Fsp3) is 0.111. The number of nitro benzene ring substituents is 1. The Labute approximate surface area is 202 Å². The molecule has 0 fully saturated rings. The summed E-state index contributed by atoms with van der Waals surface area (Å²) < 4.78 is 0. The predicted octanol–water partition coefficient (Wildman–Crippen LogP) is 5.19. The van der Waals surface area contributed by atoms with Crippen LogP contribution in [0, 0.1) is 10.1 Å². The summed E-state index contributed by atoms with van der Waals surface area (Å²) in [5, 5.41) is 15.6. The Kier molecular flexibility index (Phi) is 7.04. The third kappa shape index (κ3) is 5.50. The summed E-state index contributed by atoms with van der Waals surface area (Å²) >= 11 is 4.34. The highest BCUT2D eigenvalue weighted by atomic mass is 32.1. The van der Waals surface area contributed by atoms with Crippen LogP contribution in [-0.2, 0) is 17.6 Å². The van der Waals surface area contributed by atoms with Crippen LogP contribution in [0.5, 0.6) is 0 Å². The second kappa shape index (κ2) is 10.3. The molecule has 0 bridgehead atoms. The van der Waals surface area contributed by atoms with Gasteiger partial charge >= 0.3 is 0 Å². The molecule has 1 amide bonds. The normalized spacial score (nSPS) is 11.7. The van der Waals surface area contributed by atoms with Gasteiger partial charge in [0.05, 0.1) is 11.0 Å². The van der Waals surface area contributed by atoms with Crippen LogP contribution in [0.4, 0.5) is 5.69 Å². The summed E-state index contributed by atoms with van der Waals surface area (Å²) in [6.45, 7) is 0. The first kappa shape index (κ1) is 23.2. The number of thiol groups is 1. The first-order chi connectivity index (χ1) is 16.4. The molecule has 0 radical (unpaired) electrons.